The van der Waals surface area contributed by atoms with Crippen LogP contribution in [0.15, 0.2) is 58.7 Å². The highest BCUT2D eigenvalue weighted by Gasteiger charge is 2.31. The van der Waals surface area contributed by atoms with Crippen LogP contribution in [0.5, 0.6) is 5.75 Å². The number of nitrogens with one attached hydrogen (secondary N) is 1. The van der Waals surface area contributed by atoms with E-state index in [1.54, 1.807) is 19.1 Å². The van der Waals surface area contributed by atoms with Gasteiger partial charge in [0.1, 0.15) is 11.4 Å². The molecule has 2 aliphatic rings. The van der Waals surface area contributed by atoms with E-state index in [0.717, 1.165) is 41.5 Å². The number of anilines is 2. The summed E-state index contributed by atoms with van der Waals surface area (Å²) in [6, 6.07) is 14.0. The third-order valence-electron chi connectivity index (χ3n) is 6.82. The van der Waals surface area contributed by atoms with Crippen molar-refractivity contribution in [2.75, 3.05) is 10.4 Å². The van der Waals surface area contributed by atoms with Crippen LogP contribution in [-0.4, -0.2) is 33.5 Å². The van der Waals surface area contributed by atoms with Crippen LogP contribution < -0.4 is 10.4 Å². The van der Waals surface area contributed by atoms with E-state index in [4.69, 9.17) is 0 Å². The lowest BCUT2D eigenvalue weighted by Crippen LogP contribution is -2.28. The van der Waals surface area contributed by atoms with Gasteiger partial charge in [-0.15, -0.1) is 0 Å². The maximum absolute atomic E-state index is 13.2. The number of carboxylic acids is 1. The summed E-state index contributed by atoms with van der Waals surface area (Å²) in [4.78, 5) is 24.4. The Balaban J connectivity index is 1.49. The van der Waals surface area contributed by atoms with Gasteiger partial charge in [0.25, 0.3) is 0 Å². The molecule has 0 radical (unpaired) electrons. The van der Waals surface area contributed by atoms with Crippen molar-refractivity contribution in [3.63, 3.8) is 0 Å². The first-order valence-corrected chi connectivity index (χ1v) is 11.8. The van der Waals surface area contributed by atoms with Gasteiger partial charge in [0.05, 0.1) is 17.0 Å². The van der Waals surface area contributed by atoms with Crippen LogP contribution in [-0.2, 0) is 17.6 Å². The Kier molecular flexibility index (Phi) is 5.80. The fourth-order valence-electron chi connectivity index (χ4n) is 4.64. The van der Waals surface area contributed by atoms with E-state index >= 15 is 0 Å². The summed E-state index contributed by atoms with van der Waals surface area (Å²) in [7, 11) is 0. The molecule has 1 aliphatic carbocycles. The third-order valence-corrected chi connectivity index (χ3v) is 6.82. The molecule has 3 aromatic rings. The number of carboxylic acid groups (broad SMARTS) is 1. The fraction of sp³-hybridized carbons (Fsp3) is 0.214. The van der Waals surface area contributed by atoms with Gasteiger partial charge in [-0.3, -0.25) is 10.2 Å². The molecule has 0 fully saturated rings. The molecule has 0 saturated heterocycles. The van der Waals surface area contributed by atoms with Crippen molar-refractivity contribution in [1.82, 2.24) is 0 Å². The lowest BCUT2D eigenvalue weighted by molar-refractivity contribution is -0.112. The Bertz CT molecular complexity index is 1470. The van der Waals surface area contributed by atoms with Crippen molar-refractivity contribution < 1.29 is 19.8 Å². The molecule has 3 aromatic carbocycles. The molecule has 3 N–H and O–H groups in total. The Labute approximate surface area is 208 Å². The fourth-order valence-corrected chi connectivity index (χ4v) is 4.64. The number of hydrogen-bond donors (Lipinski definition) is 3. The summed E-state index contributed by atoms with van der Waals surface area (Å²) in [5.41, 5.74) is 10.4. The average molecular weight is 483 g/mol. The molecule has 8 heteroatoms. The largest absolute Gasteiger partial charge is 0.505 e. The van der Waals surface area contributed by atoms with E-state index < -0.39 is 5.97 Å². The summed E-state index contributed by atoms with van der Waals surface area (Å²) >= 11 is 0. The van der Waals surface area contributed by atoms with Gasteiger partial charge in [0, 0.05) is 5.56 Å². The van der Waals surface area contributed by atoms with E-state index in [1.165, 1.54) is 17.1 Å². The second kappa shape index (κ2) is 8.96. The van der Waals surface area contributed by atoms with Crippen molar-refractivity contribution in [1.29, 1.82) is 0 Å². The number of hydrogen-bond acceptors (Lipinski definition) is 6. The molecule has 0 bridgehead atoms. The van der Waals surface area contributed by atoms with Crippen molar-refractivity contribution in [2.24, 2.45) is 10.2 Å². The number of rotatable bonds is 5. The predicted molar refractivity (Wildman–Crippen MR) is 140 cm³/mol. The zero-order valence-electron chi connectivity index (χ0n) is 20.3. The van der Waals surface area contributed by atoms with Crippen LogP contribution in [0.25, 0.3) is 11.1 Å². The molecule has 36 heavy (non-hydrogen) atoms. The number of phenolic OH excluding ortho intramolecular Hbond substituents is 1. The number of carbonyl (C=O) groups is 2. The summed E-state index contributed by atoms with van der Waals surface area (Å²) in [6.07, 6.45) is 2.59. The van der Waals surface area contributed by atoms with Crippen LogP contribution in [0, 0.1) is 13.8 Å². The molecule has 0 spiro atoms. The molecule has 1 amide bonds. The average Bonchev–Trinajstić information content (AvgIpc) is 3.44. The van der Waals surface area contributed by atoms with Crippen molar-refractivity contribution in [3.8, 4) is 16.9 Å². The molecule has 182 valence electrons. The van der Waals surface area contributed by atoms with Crippen LogP contribution in [0.3, 0.4) is 0 Å². The molecule has 1 heterocycles. The number of phenols is 1. The minimum atomic E-state index is -1.01. The van der Waals surface area contributed by atoms with Gasteiger partial charge in [-0.25, -0.2) is 4.79 Å². The molecule has 0 atom stereocenters. The Morgan fingerprint density at radius 2 is 1.78 bits per heavy atom. The number of carbonyl (C=O) groups excluding carboxylic acids is 1. The standard InChI is InChI=1S/C28H26N4O4/c1-15-7-12-21(13-16(15)2)32-27(34)24(17(3)31-32)29-30-25-22-6-4-5-20(22)14-23(26(25)33)18-8-10-19(11-9-18)28(35)36/h7-14,30,33H,4-6H2,1-3H3,(H,35,36)/b29-24-. The van der Waals surface area contributed by atoms with E-state index in [2.05, 4.69) is 15.6 Å². The molecule has 0 saturated carbocycles. The highest BCUT2D eigenvalue weighted by Crippen LogP contribution is 2.43. The molecule has 1 aliphatic heterocycles. The van der Waals surface area contributed by atoms with Crippen molar-refractivity contribution in [2.45, 2.75) is 40.0 Å². The van der Waals surface area contributed by atoms with Gasteiger partial charge in [-0.05, 0) is 98.2 Å². The number of hydrazone groups is 2. The van der Waals surface area contributed by atoms with Crippen LogP contribution >= 0.6 is 0 Å². The van der Waals surface area contributed by atoms with E-state index in [0.29, 0.717) is 28.2 Å². The van der Waals surface area contributed by atoms with Gasteiger partial charge in [-0.2, -0.15) is 15.2 Å². The normalized spacial score (nSPS) is 15.9. The number of benzene rings is 3. The maximum atomic E-state index is 13.2. The summed E-state index contributed by atoms with van der Waals surface area (Å²) < 4.78 is 0. The summed E-state index contributed by atoms with van der Waals surface area (Å²) in [5.74, 6) is -1.35. The highest BCUT2D eigenvalue weighted by atomic mass is 16.4. The minimum absolute atomic E-state index is 0.00845. The first kappa shape index (κ1) is 23.3. The zero-order chi connectivity index (χ0) is 25.6. The topological polar surface area (TPSA) is 115 Å². The molecule has 8 nitrogen and oxygen atoms in total. The minimum Gasteiger partial charge on any atom is -0.505 e. The van der Waals surface area contributed by atoms with Gasteiger partial charge in [-0.1, -0.05) is 18.2 Å². The number of amides is 1. The molecule has 0 unspecified atom stereocenters. The first-order chi connectivity index (χ1) is 17.2. The van der Waals surface area contributed by atoms with Crippen molar-refractivity contribution in [3.05, 3.63) is 76.3 Å². The second-order valence-corrected chi connectivity index (χ2v) is 9.16. The maximum Gasteiger partial charge on any atom is 0.335 e. The Morgan fingerprint density at radius 1 is 1.03 bits per heavy atom. The van der Waals surface area contributed by atoms with Gasteiger partial charge in [0.2, 0.25) is 0 Å². The number of aromatic carboxylic acids is 1. The third kappa shape index (κ3) is 4.00. The van der Waals surface area contributed by atoms with Crippen LogP contribution in [0.4, 0.5) is 11.4 Å². The second-order valence-electron chi connectivity index (χ2n) is 9.16. The monoisotopic (exact) mass is 482 g/mol. The van der Waals surface area contributed by atoms with E-state index in [1.807, 2.05) is 38.1 Å². The van der Waals surface area contributed by atoms with Gasteiger partial charge in [0.15, 0.2) is 5.71 Å². The molecule has 0 aromatic heterocycles. The van der Waals surface area contributed by atoms with Crippen LogP contribution in [0.2, 0.25) is 0 Å². The number of nitrogens with zero attached hydrogens (tertiary/aromatic N) is 3. The SMILES string of the molecule is CC1=NN(c2ccc(C)c(C)c2)C(=O)/C1=N\Nc1c(O)c(-c2ccc(C(=O)O)cc2)cc2c1CCC2. The predicted octanol–water partition coefficient (Wildman–Crippen LogP) is 5.05. The lowest BCUT2D eigenvalue weighted by atomic mass is 9.96. The van der Waals surface area contributed by atoms with Crippen LogP contribution in [0.1, 0.15) is 46.0 Å². The molecular formula is C28H26N4O4. The van der Waals surface area contributed by atoms with Gasteiger partial charge >= 0.3 is 11.9 Å². The summed E-state index contributed by atoms with van der Waals surface area (Å²) in [5, 5.41) is 30.5. The molecule has 5 rings (SSSR count). The lowest BCUT2D eigenvalue weighted by Gasteiger charge is -2.16. The highest BCUT2D eigenvalue weighted by molar-refractivity contribution is 6.71. The van der Waals surface area contributed by atoms with E-state index in [9.17, 15) is 19.8 Å². The van der Waals surface area contributed by atoms with Gasteiger partial charge < -0.3 is 10.2 Å². The summed E-state index contributed by atoms with van der Waals surface area (Å²) in [6.45, 7) is 5.72. The Morgan fingerprint density at radius 3 is 2.47 bits per heavy atom. The first-order valence-electron chi connectivity index (χ1n) is 11.8. The quantitative estimate of drug-likeness (QED) is 0.348. The van der Waals surface area contributed by atoms with E-state index in [-0.39, 0.29) is 22.9 Å². The number of aromatic hydroxyl groups is 1. The number of aryl methyl sites for hydroxylation is 3. The zero-order valence-corrected chi connectivity index (χ0v) is 20.3. The van der Waals surface area contributed by atoms with Crippen molar-refractivity contribution >= 4 is 34.7 Å². The smallest absolute Gasteiger partial charge is 0.335 e. The number of fused-ring (bicyclic) bond motifs is 1. The Hall–Kier alpha value is -4.46. The molecular weight excluding hydrogens is 456 g/mol.